The lowest BCUT2D eigenvalue weighted by molar-refractivity contribution is -0.138. The van der Waals surface area contributed by atoms with Gasteiger partial charge in [-0.15, -0.1) is 0 Å². The highest BCUT2D eigenvalue weighted by atomic mass is 16.2. The van der Waals surface area contributed by atoms with Gasteiger partial charge in [0.25, 0.3) is 0 Å². The topological polar surface area (TPSA) is 52.7 Å². The van der Waals surface area contributed by atoms with E-state index in [0.717, 1.165) is 0 Å². The smallest absolute Gasteiger partial charge is 0.223 e. The lowest BCUT2D eigenvalue weighted by Crippen LogP contribution is -2.50. The van der Waals surface area contributed by atoms with E-state index in [1.54, 1.807) is 11.8 Å². The summed E-state index contributed by atoms with van der Waals surface area (Å²) in [6.07, 6.45) is 0.496. The number of nitrogens with zero attached hydrogens (tertiary/aromatic N) is 2. The van der Waals surface area contributed by atoms with E-state index in [2.05, 4.69) is 31.3 Å². The Balaban J connectivity index is 1.78. The lowest BCUT2D eigenvalue weighted by atomic mass is 9.96. The number of benzene rings is 1. The Labute approximate surface area is 145 Å². The Hall–Kier alpha value is -1.88. The van der Waals surface area contributed by atoms with Gasteiger partial charge in [-0.2, -0.15) is 0 Å². The van der Waals surface area contributed by atoms with Crippen LogP contribution in [0.1, 0.15) is 38.8 Å². The van der Waals surface area contributed by atoms with Crippen LogP contribution in [0.5, 0.6) is 0 Å². The Bertz CT molecular complexity index is 537. The summed E-state index contributed by atoms with van der Waals surface area (Å²) >= 11 is 0. The summed E-state index contributed by atoms with van der Waals surface area (Å²) in [7, 11) is 0. The number of amides is 2. The Morgan fingerprint density at radius 3 is 2.17 bits per heavy atom. The zero-order valence-corrected chi connectivity index (χ0v) is 15.0. The van der Waals surface area contributed by atoms with E-state index >= 15 is 0 Å². The number of carbonyl (C=O) groups excluding carboxylic acids is 2. The largest absolute Gasteiger partial charge is 0.339 e. The molecule has 1 aromatic carbocycles. The molecule has 1 aromatic rings. The number of hydrogen-bond acceptors (Lipinski definition) is 3. The summed E-state index contributed by atoms with van der Waals surface area (Å²) in [6.45, 7) is 9.21. The van der Waals surface area contributed by atoms with Crippen LogP contribution in [0.15, 0.2) is 30.3 Å². The van der Waals surface area contributed by atoms with Crippen molar-refractivity contribution in [2.75, 3.05) is 32.7 Å². The summed E-state index contributed by atoms with van der Waals surface area (Å²) in [4.78, 5) is 27.3. The minimum atomic E-state index is 0.0893. The molecule has 1 saturated heterocycles. The molecule has 2 amide bonds. The van der Waals surface area contributed by atoms with Gasteiger partial charge < -0.3 is 15.1 Å². The molecule has 0 saturated carbocycles. The second-order valence-corrected chi connectivity index (χ2v) is 6.72. The molecule has 0 radical (unpaired) electrons. The minimum absolute atomic E-state index is 0.0893. The fraction of sp³-hybridized carbons (Fsp3) is 0.579. The van der Waals surface area contributed by atoms with E-state index < -0.39 is 0 Å². The average Bonchev–Trinajstić information content (AvgIpc) is 2.59. The highest BCUT2D eigenvalue weighted by molar-refractivity contribution is 5.77. The van der Waals surface area contributed by atoms with Gasteiger partial charge >= 0.3 is 0 Å². The fourth-order valence-electron chi connectivity index (χ4n) is 3.16. The van der Waals surface area contributed by atoms with Crippen LogP contribution < -0.4 is 5.32 Å². The van der Waals surface area contributed by atoms with Crippen molar-refractivity contribution in [3.8, 4) is 0 Å². The van der Waals surface area contributed by atoms with E-state index in [0.29, 0.717) is 45.1 Å². The maximum absolute atomic E-state index is 12.3. The van der Waals surface area contributed by atoms with Gasteiger partial charge in [0.1, 0.15) is 0 Å². The quantitative estimate of drug-likeness (QED) is 0.868. The minimum Gasteiger partial charge on any atom is -0.339 e. The zero-order valence-electron chi connectivity index (χ0n) is 15.0. The van der Waals surface area contributed by atoms with Gasteiger partial charge in [0.2, 0.25) is 11.8 Å². The molecule has 1 heterocycles. The van der Waals surface area contributed by atoms with Gasteiger partial charge in [-0.25, -0.2) is 0 Å². The molecule has 5 heteroatoms. The van der Waals surface area contributed by atoms with Crippen LogP contribution in [-0.2, 0) is 9.59 Å². The standard InChI is InChI=1S/C19H29N3O2/c1-15(2)19(17-7-5-4-6-8-17)20-10-9-18(24)22-13-11-21(12-14-22)16(3)23/h4-8,15,19-20H,9-14H2,1-3H3/t19-/m0/s1. The first-order valence-electron chi connectivity index (χ1n) is 8.80. The van der Waals surface area contributed by atoms with Crippen molar-refractivity contribution in [3.63, 3.8) is 0 Å². The monoisotopic (exact) mass is 331 g/mol. The number of hydrogen-bond donors (Lipinski definition) is 1. The van der Waals surface area contributed by atoms with Crippen LogP contribution in [0.4, 0.5) is 0 Å². The van der Waals surface area contributed by atoms with Gasteiger partial charge in [0.15, 0.2) is 0 Å². The molecule has 0 aliphatic carbocycles. The SMILES string of the molecule is CC(=O)N1CCN(C(=O)CCN[C@H](c2ccccc2)C(C)C)CC1. The number of nitrogens with one attached hydrogen (secondary N) is 1. The molecular formula is C19H29N3O2. The van der Waals surface area contributed by atoms with E-state index in [4.69, 9.17) is 0 Å². The summed E-state index contributed by atoms with van der Waals surface area (Å²) in [5.74, 6) is 0.717. The van der Waals surface area contributed by atoms with E-state index in [-0.39, 0.29) is 17.9 Å². The van der Waals surface area contributed by atoms with Gasteiger partial charge in [0.05, 0.1) is 0 Å². The van der Waals surface area contributed by atoms with Crippen LogP contribution in [0.2, 0.25) is 0 Å². The van der Waals surface area contributed by atoms with Gasteiger partial charge in [-0.3, -0.25) is 9.59 Å². The fourth-order valence-corrected chi connectivity index (χ4v) is 3.16. The molecular weight excluding hydrogens is 302 g/mol. The molecule has 1 aliphatic heterocycles. The van der Waals surface area contributed by atoms with Crippen molar-refractivity contribution in [1.29, 1.82) is 0 Å². The molecule has 24 heavy (non-hydrogen) atoms. The number of piperazine rings is 1. The molecule has 132 valence electrons. The summed E-state index contributed by atoms with van der Waals surface area (Å²) in [5.41, 5.74) is 1.26. The van der Waals surface area contributed by atoms with Crippen molar-refractivity contribution in [3.05, 3.63) is 35.9 Å². The highest BCUT2D eigenvalue weighted by Crippen LogP contribution is 2.21. The van der Waals surface area contributed by atoms with Crippen LogP contribution in [0, 0.1) is 5.92 Å². The maximum atomic E-state index is 12.3. The highest BCUT2D eigenvalue weighted by Gasteiger charge is 2.22. The van der Waals surface area contributed by atoms with Gasteiger partial charge in [0, 0.05) is 52.1 Å². The molecule has 1 fully saturated rings. The molecule has 1 aliphatic rings. The first kappa shape index (κ1) is 18.5. The molecule has 0 bridgehead atoms. The summed E-state index contributed by atoms with van der Waals surface area (Å²) in [5, 5.41) is 3.52. The third-order valence-electron chi connectivity index (χ3n) is 4.61. The Morgan fingerprint density at radius 1 is 1.04 bits per heavy atom. The first-order chi connectivity index (χ1) is 11.5. The molecule has 0 unspecified atom stereocenters. The molecule has 1 atom stereocenters. The predicted molar refractivity (Wildman–Crippen MR) is 95.5 cm³/mol. The molecule has 1 N–H and O–H groups in total. The number of rotatable bonds is 6. The maximum Gasteiger partial charge on any atom is 0.223 e. The second kappa shape index (κ2) is 8.83. The van der Waals surface area contributed by atoms with Crippen molar-refractivity contribution >= 4 is 11.8 Å². The third-order valence-corrected chi connectivity index (χ3v) is 4.61. The molecule has 2 rings (SSSR count). The van der Waals surface area contributed by atoms with Crippen LogP contribution in [0.3, 0.4) is 0 Å². The van der Waals surface area contributed by atoms with Crippen molar-refractivity contribution in [1.82, 2.24) is 15.1 Å². The van der Waals surface area contributed by atoms with Crippen molar-refractivity contribution in [2.45, 2.75) is 33.2 Å². The molecule has 0 aromatic heterocycles. The van der Waals surface area contributed by atoms with Gasteiger partial charge in [-0.05, 0) is 11.5 Å². The second-order valence-electron chi connectivity index (χ2n) is 6.72. The Morgan fingerprint density at radius 2 is 1.62 bits per heavy atom. The molecule has 5 nitrogen and oxygen atoms in total. The first-order valence-corrected chi connectivity index (χ1v) is 8.80. The average molecular weight is 331 g/mol. The van der Waals surface area contributed by atoms with Crippen molar-refractivity contribution < 1.29 is 9.59 Å². The van der Waals surface area contributed by atoms with Crippen LogP contribution in [0.25, 0.3) is 0 Å². The zero-order chi connectivity index (χ0) is 17.5. The van der Waals surface area contributed by atoms with E-state index in [1.807, 2.05) is 23.1 Å². The lowest BCUT2D eigenvalue weighted by Gasteiger charge is -2.34. The normalized spacial score (nSPS) is 16.3. The predicted octanol–water partition coefficient (Wildman–Crippen LogP) is 2.05. The summed E-state index contributed by atoms with van der Waals surface area (Å²) in [6, 6.07) is 10.6. The number of carbonyl (C=O) groups is 2. The van der Waals surface area contributed by atoms with Crippen molar-refractivity contribution in [2.24, 2.45) is 5.92 Å². The van der Waals surface area contributed by atoms with E-state index in [9.17, 15) is 9.59 Å². The van der Waals surface area contributed by atoms with Gasteiger partial charge in [-0.1, -0.05) is 44.2 Å². The van der Waals surface area contributed by atoms with Crippen LogP contribution >= 0.6 is 0 Å². The third kappa shape index (κ3) is 5.06. The van der Waals surface area contributed by atoms with E-state index in [1.165, 1.54) is 5.56 Å². The summed E-state index contributed by atoms with van der Waals surface area (Å²) < 4.78 is 0. The molecule has 0 spiro atoms. The Kier molecular flexibility index (Phi) is 6.79. The van der Waals surface area contributed by atoms with Crippen LogP contribution in [-0.4, -0.2) is 54.3 Å².